The van der Waals surface area contributed by atoms with E-state index in [2.05, 4.69) is 10.3 Å². The number of imidazole rings is 1. The molecule has 2 atom stereocenters. The summed E-state index contributed by atoms with van der Waals surface area (Å²) in [5.74, 6) is -0.353. The number of para-hydroxylation sites is 1. The number of rotatable bonds is 3. The van der Waals surface area contributed by atoms with E-state index in [0.29, 0.717) is 17.8 Å². The number of hydrogen-bond acceptors (Lipinski definition) is 3. The second kappa shape index (κ2) is 6.05. The molecule has 0 spiro atoms. The molecule has 3 aromatic rings. The van der Waals surface area contributed by atoms with Crippen molar-refractivity contribution in [3.05, 3.63) is 66.6 Å². The number of carbonyl (C=O) groups excluding carboxylic acids is 2. The zero-order chi connectivity index (χ0) is 17.4. The summed E-state index contributed by atoms with van der Waals surface area (Å²) in [7, 11) is 0. The molecule has 0 radical (unpaired) electrons. The maximum absolute atomic E-state index is 12.8. The Morgan fingerprint density at radius 3 is 2.76 bits per heavy atom. The topological polar surface area (TPSA) is 66.7 Å². The van der Waals surface area contributed by atoms with Gasteiger partial charge in [0, 0.05) is 24.1 Å². The van der Waals surface area contributed by atoms with E-state index >= 15 is 0 Å². The third kappa shape index (κ3) is 2.65. The molecule has 2 amide bonds. The third-order valence-corrected chi connectivity index (χ3v) is 4.55. The predicted octanol–water partition coefficient (Wildman–Crippen LogP) is 2.26. The van der Waals surface area contributed by atoms with Gasteiger partial charge in [0.05, 0.1) is 0 Å². The molecule has 1 fully saturated rings. The number of fused-ring (bicyclic) bond motifs is 1. The van der Waals surface area contributed by atoms with Gasteiger partial charge in [0.1, 0.15) is 17.4 Å². The average Bonchev–Trinajstić information content (AvgIpc) is 3.20. The molecule has 1 aliphatic heterocycles. The van der Waals surface area contributed by atoms with Crippen molar-refractivity contribution in [2.24, 2.45) is 0 Å². The molecular formula is C19H18N4O2. The van der Waals surface area contributed by atoms with Crippen LogP contribution in [0.3, 0.4) is 0 Å². The highest BCUT2D eigenvalue weighted by Gasteiger charge is 2.39. The second-order valence-corrected chi connectivity index (χ2v) is 6.22. The minimum absolute atomic E-state index is 0.0317. The fraction of sp³-hybridized carbons (Fsp3) is 0.211. The monoisotopic (exact) mass is 334 g/mol. The smallest absolute Gasteiger partial charge is 0.268 e. The summed E-state index contributed by atoms with van der Waals surface area (Å²) in [6.45, 7) is 1.99. The first-order valence-electron chi connectivity index (χ1n) is 8.26. The number of hydrogen-bond donors (Lipinski definition) is 1. The van der Waals surface area contributed by atoms with Crippen molar-refractivity contribution in [2.45, 2.75) is 25.4 Å². The van der Waals surface area contributed by atoms with Crippen molar-refractivity contribution >= 4 is 23.1 Å². The lowest BCUT2D eigenvalue weighted by molar-refractivity contribution is -0.118. The van der Waals surface area contributed by atoms with Crippen LogP contribution in [0.2, 0.25) is 0 Å². The van der Waals surface area contributed by atoms with Gasteiger partial charge in [-0.15, -0.1) is 0 Å². The van der Waals surface area contributed by atoms with Gasteiger partial charge in [0.2, 0.25) is 5.91 Å². The van der Waals surface area contributed by atoms with Crippen LogP contribution in [0.5, 0.6) is 0 Å². The highest BCUT2D eigenvalue weighted by Crippen LogP contribution is 2.26. The molecule has 6 nitrogen and oxygen atoms in total. The molecule has 1 saturated heterocycles. The Morgan fingerprint density at radius 1 is 1.16 bits per heavy atom. The highest BCUT2D eigenvalue weighted by molar-refractivity contribution is 6.04. The lowest BCUT2D eigenvalue weighted by Crippen LogP contribution is -2.42. The molecule has 6 heteroatoms. The first-order valence-corrected chi connectivity index (χ1v) is 8.26. The number of benzene rings is 1. The van der Waals surface area contributed by atoms with Gasteiger partial charge in [-0.25, -0.2) is 4.98 Å². The number of carbonyl (C=O) groups is 2. The zero-order valence-electron chi connectivity index (χ0n) is 13.8. The number of nitrogens with one attached hydrogen (secondary N) is 1. The lowest BCUT2D eigenvalue weighted by atomic mass is 10.2. The fourth-order valence-electron chi connectivity index (χ4n) is 3.39. The van der Waals surface area contributed by atoms with E-state index in [1.807, 2.05) is 43.3 Å². The molecule has 126 valence electrons. The second-order valence-electron chi connectivity index (χ2n) is 6.22. The van der Waals surface area contributed by atoms with Gasteiger partial charge in [-0.2, -0.15) is 0 Å². The highest BCUT2D eigenvalue weighted by atomic mass is 16.2. The molecule has 1 aliphatic rings. The van der Waals surface area contributed by atoms with Crippen molar-refractivity contribution in [1.82, 2.24) is 14.7 Å². The Kier molecular flexibility index (Phi) is 3.72. The standard InChI is InChI=1S/C19H18N4O2/c1-13-12-15(19(25)23(13)14-6-3-2-4-7-14)21-18(24)16-8-5-9-17-20-10-11-22(16)17/h2-11,13,15H,12H2,1H3,(H,21,24). The number of amides is 2. The molecule has 1 aromatic carbocycles. The van der Waals surface area contributed by atoms with Crippen LogP contribution in [0.15, 0.2) is 60.9 Å². The van der Waals surface area contributed by atoms with Crippen LogP contribution in [0.25, 0.3) is 5.65 Å². The molecule has 3 heterocycles. The first kappa shape index (κ1) is 15.4. The van der Waals surface area contributed by atoms with Gasteiger partial charge in [0.25, 0.3) is 5.91 Å². The van der Waals surface area contributed by atoms with Crippen molar-refractivity contribution in [3.63, 3.8) is 0 Å². The predicted molar refractivity (Wildman–Crippen MR) is 94.5 cm³/mol. The quantitative estimate of drug-likeness (QED) is 0.799. The van der Waals surface area contributed by atoms with Crippen LogP contribution >= 0.6 is 0 Å². The average molecular weight is 334 g/mol. The molecule has 0 aliphatic carbocycles. The SMILES string of the molecule is CC1CC(NC(=O)c2cccc3nccn23)C(=O)N1c1ccccc1. The molecule has 2 unspecified atom stereocenters. The summed E-state index contributed by atoms with van der Waals surface area (Å²) >= 11 is 0. The van der Waals surface area contributed by atoms with Crippen LogP contribution in [-0.2, 0) is 4.79 Å². The van der Waals surface area contributed by atoms with Crippen molar-refractivity contribution in [1.29, 1.82) is 0 Å². The minimum Gasteiger partial charge on any atom is -0.339 e. The summed E-state index contributed by atoms with van der Waals surface area (Å²) in [5, 5.41) is 2.88. The summed E-state index contributed by atoms with van der Waals surface area (Å²) < 4.78 is 1.72. The van der Waals surface area contributed by atoms with Crippen LogP contribution in [0, 0.1) is 0 Å². The van der Waals surface area contributed by atoms with Gasteiger partial charge in [0.15, 0.2) is 0 Å². The fourth-order valence-corrected chi connectivity index (χ4v) is 3.39. The van der Waals surface area contributed by atoms with E-state index in [-0.39, 0.29) is 17.9 Å². The summed E-state index contributed by atoms with van der Waals surface area (Å²) in [6, 6.07) is 14.4. The molecular weight excluding hydrogens is 316 g/mol. The zero-order valence-corrected chi connectivity index (χ0v) is 13.8. The van der Waals surface area contributed by atoms with Crippen LogP contribution in [-0.4, -0.2) is 33.3 Å². The summed E-state index contributed by atoms with van der Waals surface area (Å²) in [4.78, 5) is 31.4. The van der Waals surface area contributed by atoms with Crippen LogP contribution < -0.4 is 10.2 Å². The Morgan fingerprint density at radius 2 is 1.96 bits per heavy atom. The maximum Gasteiger partial charge on any atom is 0.268 e. The Bertz CT molecular complexity index is 935. The van der Waals surface area contributed by atoms with Crippen LogP contribution in [0.4, 0.5) is 5.69 Å². The van der Waals surface area contributed by atoms with E-state index in [0.717, 1.165) is 5.69 Å². The van der Waals surface area contributed by atoms with Gasteiger partial charge in [-0.1, -0.05) is 24.3 Å². The Hall–Kier alpha value is -3.15. The van der Waals surface area contributed by atoms with Gasteiger partial charge in [-0.3, -0.25) is 14.0 Å². The van der Waals surface area contributed by atoms with Gasteiger partial charge >= 0.3 is 0 Å². The van der Waals surface area contributed by atoms with E-state index in [1.165, 1.54) is 0 Å². The van der Waals surface area contributed by atoms with Crippen molar-refractivity contribution < 1.29 is 9.59 Å². The third-order valence-electron chi connectivity index (χ3n) is 4.55. The first-order chi connectivity index (χ1) is 12.1. The van der Waals surface area contributed by atoms with Gasteiger partial charge in [-0.05, 0) is 37.6 Å². The molecule has 2 aromatic heterocycles. The maximum atomic E-state index is 12.8. The normalized spacial score (nSPS) is 20.2. The largest absolute Gasteiger partial charge is 0.339 e. The molecule has 1 N–H and O–H groups in total. The van der Waals surface area contributed by atoms with E-state index in [4.69, 9.17) is 0 Å². The summed E-state index contributed by atoms with van der Waals surface area (Å²) in [6.07, 6.45) is 3.96. The number of anilines is 1. The molecule has 0 bridgehead atoms. The number of pyridine rings is 1. The van der Waals surface area contributed by atoms with Crippen molar-refractivity contribution in [2.75, 3.05) is 4.90 Å². The van der Waals surface area contributed by atoms with E-state index in [1.54, 1.807) is 33.8 Å². The number of nitrogens with zero attached hydrogens (tertiary/aromatic N) is 3. The van der Waals surface area contributed by atoms with Crippen LogP contribution in [0.1, 0.15) is 23.8 Å². The Balaban J connectivity index is 1.56. The molecule has 25 heavy (non-hydrogen) atoms. The Labute approximate surface area is 145 Å². The van der Waals surface area contributed by atoms with Crippen molar-refractivity contribution in [3.8, 4) is 0 Å². The summed E-state index contributed by atoms with van der Waals surface area (Å²) in [5.41, 5.74) is 2.02. The molecule has 0 saturated carbocycles. The van der Waals surface area contributed by atoms with E-state index < -0.39 is 6.04 Å². The minimum atomic E-state index is -0.526. The lowest BCUT2D eigenvalue weighted by Gasteiger charge is -2.21. The van der Waals surface area contributed by atoms with Gasteiger partial charge < -0.3 is 10.2 Å². The number of aromatic nitrogens is 2. The molecule has 4 rings (SSSR count). The van der Waals surface area contributed by atoms with E-state index in [9.17, 15) is 9.59 Å².